The minimum absolute atomic E-state index is 0.0107. The number of ether oxygens (including phenoxy) is 1. The number of hydrogen-bond donors (Lipinski definition) is 3. The lowest BCUT2D eigenvalue weighted by Crippen LogP contribution is -2.40. The number of nitriles is 1. The molecule has 0 saturated carbocycles. The molecule has 0 aromatic heterocycles. The van der Waals surface area contributed by atoms with E-state index in [1.165, 1.54) is 12.1 Å². The molecule has 9 heteroatoms. The van der Waals surface area contributed by atoms with Gasteiger partial charge in [0.25, 0.3) is 0 Å². The van der Waals surface area contributed by atoms with Gasteiger partial charge < -0.3 is 25.4 Å². The van der Waals surface area contributed by atoms with Gasteiger partial charge in [-0.15, -0.1) is 0 Å². The first-order valence-electron chi connectivity index (χ1n) is 10.9. The lowest BCUT2D eigenvalue weighted by Gasteiger charge is -2.36. The van der Waals surface area contributed by atoms with Crippen molar-refractivity contribution in [2.24, 2.45) is 0 Å². The van der Waals surface area contributed by atoms with E-state index in [1.54, 1.807) is 24.3 Å². The Labute approximate surface area is 192 Å². The Morgan fingerprint density at radius 1 is 1.21 bits per heavy atom. The Balaban J connectivity index is 1.89. The van der Waals surface area contributed by atoms with E-state index in [2.05, 4.69) is 10.6 Å². The zero-order valence-corrected chi connectivity index (χ0v) is 18.4. The van der Waals surface area contributed by atoms with Crippen LogP contribution in [0.25, 0.3) is 0 Å². The molecule has 8 nitrogen and oxygen atoms in total. The lowest BCUT2D eigenvalue weighted by atomic mass is 10.0. The van der Waals surface area contributed by atoms with Crippen LogP contribution in [0.2, 0.25) is 0 Å². The fourth-order valence-corrected chi connectivity index (χ4v) is 3.91. The van der Waals surface area contributed by atoms with Crippen molar-refractivity contribution in [3.8, 4) is 6.07 Å². The first-order chi connectivity index (χ1) is 15.9. The number of carboxylic acid groups (broad SMARTS) is 1. The molecule has 1 aliphatic rings. The monoisotopic (exact) mass is 454 g/mol. The van der Waals surface area contributed by atoms with Crippen molar-refractivity contribution in [2.75, 3.05) is 35.3 Å². The number of anilines is 3. The molecule has 3 N–H and O–H groups in total. The van der Waals surface area contributed by atoms with Crippen molar-refractivity contribution in [2.45, 2.75) is 38.6 Å². The number of aliphatic carboxylic acids is 1. The summed E-state index contributed by atoms with van der Waals surface area (Å²) in [5.74, 6) is -1.53. The third kappa shape index (κ3) is 6.43. The summed E-state index contributed by atoms with van der Waals surface area (Å²) in [4.78, 5) is 25.8. The predicted molar refractivity (Wildman–Crippen MR) is 123 cm³/mol. The smallest absolute Gasteiger partial charge is 0.323 e. The standard InChI is InChI=1S/C24H27FN4O4/c1-2-29(19-9-11-33-12-10-19)22-14-20(25)17(5-8-23(30)31)13-21(22)28-24(32)27-18-6-3-16(15-26)4-7-18/h3-4,6-7,13-14,19H,2,5,8-12H2,1H3,(H,30,31)(H2,27,28,32). The molecular weight excluding hydrogens is 427 g/mol. The van der Waals surface area contributed by atoms with Crippen LogP contribution < -0.4 is 15.5 Å². The summed E-state index contributed by atoms with van der Waals surface area (Å²) in [7, 11) is 0. The number of urea groups is 1. The van der Waals surface area contributed by atoms with Gasteiger partial charge in [-0.3, -0.25) is 4.79 Å². The maximum absolute atomic E-state index is 14.9. The number of carboxylic acids is 1. The highest BCUT2D eigenvalue weighted by atomic mass is 19.1. The van der Waals surface area contributed by atoms with Gasteiger partial charge in [0.2, 0.25) is 0 Å². The van der Waals surface area contributed by atoms with E-state index in [0.29, 0.717) is 42.4 Å². The van der Waals surface area contributed by atoms with E-state index in [0.717, 1.165) is 12.8 Å². The molecule has 0 unspecified atom stereocenters. The zero-order chi connectivity index (χ0) is 23.8. The summed E-state index contributed by atoms with van der Waals surface area (Å²) in [5, 5.41) is 23.4. The molecule has 3 rings (SSSR count). The molecule has 1 heterocycles. The number of aryl methyl sites for hydroxylation is 1. The van der Waals surface area contributed by atoms with E-state index in [4.69, 9.17) is 15.1 Å². The normalized spacial score (nSPS) is 13.7. The first kappa shape index (κ1) is 24.0. The zero-order valence-electron chi connectivity index (χ0n) is 18.4. The Morgan fingerprint density at radius 3 is 2.52 bits per heavy atom. The van der Waals surface area contributed by atoms with E-state index in [-0.39, 0.29) is 24.4 Å². The fourth-order valence-electron chi connectivity index (χ4n) is 3.91. The van der Waals surface area contributed by atoms with Crippen LogP contribution in [0.1, 0.15) is 37.3 Å². The maximum Gasteiger partial charge on any atom is 0.323 e. The van der Waals surface area contributed by atoms with Crippen molar-refractivity contribution in [1.82, 2.24) is 0 Å². The van der Waals surface area contributed by atoms with Gasteiger partial charge in [-0.05, 0) is 68.1 Å². The van der Waals surface area contributed by atoms with Crippen molar-refractivity contribution in [3.05, 3.63) is 53.3 Å². The van der Waals surface area contributed by atoms with Gasteiger partial charge in [-0.2, -0.15) is 5.26 Å². The lowest BCUT2D eigenvalue weighted by molar-refractivity contribution is -0.136. The third-order valence-electron chi connectivity index (χ3n) is 5.57. The van der Waals surface area contributed by atoms with Crippen LogP contribution in [-0.4, -0.2) is 42.9 Å². The summed E-state index contributed by atoms with van der Waals surface area (Å²) < 4.78 is 20.4. The number of halogens is 1. The van der Waals surface area contributed by atoms with Crippen LogP contribution in [0.4, 0.5) is 26.2 Å². The van der Waals surface area contributed by atoms with E-state index < -0.39 is 17.8 Å². The van der Waals surface area contributed by atoms with Gasteiger partial charge in [0.15, 0.2) is 0 Å². The Bertz CT molecular complexity index is 1030. The topological polar surface area (TPSA) is 115 Å². The van der Waals surface area contributed by atoms with Gasteiger partial charge >= 0.3 is 12.0 Å². The maximum atomic E-state index is 14.9. The molecule has 0 aliphatic carbocycles. The highest BCUT2D eigenvalue weighted by molar-refractivity contribution is 6.02. The summed E-state index contributed by atoms with van der Waals surface area (Å²) in [5.41, 5.74) is 2.13. The quantitative estimate of drug-likeness (QED) is 0.546. The number of carbonyl (C=O) groups is 2. The van der Waals surface area contributed by atoms with Crippen LogP contribution in [-0.2, 0) is 16.0 Å². The largest absolute Gasteiger partial charge is 0.481 e. The molecule has 2 aromatic rings. The SMILES string of the molecule is CCN(c1cc(F)c(CCC(=O)O)cc1NC(=O)Nc1ccc(C#N)cc1)C1CCOCC1. The number of amides is 2. The molecule has 33 heavy (non-hydrogen) atoms. The van der Waals surface area contributed by atoms with Gasteiger partial charge in [0, 0.05) is 37.9 Å². The highest BCUT2D eigenvalue weighted by Crippen LogP contribution is 2.33. The van der Waals surface area contributed by atoms with Gasteiger partial charge in [-0.25, -0.2) is 9.18 Å². The molecule has 1 fully saturated rings. The Hall–Kier alpha value is -3.64. The number of hydrogen-bond acceptors (Lipinski definition) is 5. The second-order valence-corrected chi connectivity index (χ2v) is 7.75. The number of carbonyl (C=O) groups excluding carboxylic acids is 1. The third-order valence-corrected chi connectivity index (χ3v) is 5.57. The molecule has 0 atom stereocenters. The summed E-state index contributed by atoms with van der Waals surface area (Å²) in [6.45, 7) is 3.79. The number of rotatable bonds is 8. The minimum Gasteiger partial charge on any atom is -0.481 e. The molecular formula is C24H27FN4O4. The van der Waals surface area contributed by atoms with Crippen molar-refractivity contribution < 1.29 is 23.8 Å². The van der Waals surface area contributed by atoms with Gasteiger partial charge in [-0.1, -0.05) is 0 Å². The number of nitrogens with one attached hydrogen (secondary N) is 2. The van der Waals surface area contributed by atoms with Crippen molar-refractivity contribution in [3.63, 3.8) is 0 Å². The van der Waals surface area contributed by atoms with E-state index >= 15 is 0 Å². The molecule has 2 amide bonds. The molecule has 2 aromatic carbocycles. The van der Waals surface area contributed by atoms with Crippen LogP contribution in [0.3, 0.4) is 0 Å². The van der Waals surface area contributed by atoms with Crippen LogP contribution >= 0.6 is 0 Å². The fraction of sp³-hybridized carbons (Fsp3) is 0.375. The van der Waals surface area contributed by atoms with Crippen LogP contribution in [0.5, 0.6) is 0 Å². The Morgan fingerprint density at radius 2 is 1.91 bits per heavy atom. The van der Waals surface area contributed by atoms with Gasteiger partial charge in [0.05, 0.1) is 23.0 Å². The molecule has 1 aliphatic heterocycles. The van der Waals surface area contributed by atoms with Gasteiger partial charge in [0.1, 0.15) is 5.82 Å². The highest BCUT2D eigenvalue weighted by Gasteiger charge is 2.25. The summed E-state index contributed by atoms with van der Waals surface area (Å²) in [6, 6.07) is 10.9. The predicted octanol–water partition coefficient (Wildman–Crippen LogP) is 4.36. The average molecular weight is 455 g/mol. The molecule has 0 radical (unpaired) electrons. The first-order valence-corrected chi connectivity index (χ1v) is 10.9. The van der Waals surface area contributed by atoms with Crippen LogP contribution in [0, 0.1) is 17.1 Å². The molecule has 0 bridgehead atoms. The molecule has 1 saturated heterocycles. The second-order valence-electron chi connectivity index (χ2n) is 7.75. The van der Waals surface area contributed by atoms with Crippen LogP contribution in [0.15, 0.2) is 36.4 Å². The van der Waals surface area contributed by atoms with Crippen molar-refractivity contribution in [1.29, 1.82) is 5.26 Å². The Kier molecular flexibility index (Phi) is 8.22. The van der Waals surface area contributed by atoms with E-state index in [1.807, 2.05) is 17.9 Å². The molecule has 0 spiro atoms. The number of nitrogens with zero attached hydrogens (tertiary/aromatic N) is 2. The number of benzene rings is 2. The second kappa shape index (κ2) is 11.3. The molecule has 174 valence electrons. The summed E-state index contributed by atoms with van der Waals surface area (Å²) in [6.07, 6.45) is 1.36. The minimum atomic E-state index is -1.02. The van der Waals surface area contributed by atoms with Crippen molar-refractivity contribution >= 4 is 29.1 Å². The average Bonchev–Trinajstić information content (AvgIpc) is 2.81. The van der Waals surface area contributed by atoms with E-state index in [9.17, 15) is 14.0 Å². The summed E-state index contributed by atoms with van der Waals surface area (Å²) >= 11 is 0.